The van der Waals surface area contributed by atoms with Crippen LogP contribution in [0, 0.1) is 29.1 Å². The Labute approximate surface area is 323 Å². The van der Waals surface area contributed by atoms with Gasteiger partial charge in [-0.05, 0) is 101 Å². The number of Topliss-reactive ketones (excluding diaryl/α,β-unsaturated/α-hetero) is 1. The maximum Gasteiger partial charge on any atom is 0.307 e. The van der Waals surface area contributed by atoms with Crippen molar-refractivity contribution in [3.05, 3.63) is 42.6 Å². The standard InChI is InChI=1S/C41H54FN3O9S/c1-25-9-7-8-10-28-20-41(28,38(49)44-55(50,51)40(24-42)13-14-40)21-35(46)34-18-31(53-30-17-27-16-29(52-6)11-12-33(27)43-22-30)23-45(34)37(48)32(26(2)15-25)19-36(47)54-39(3,4)5/h8,10-12,16-17,22,25-26,28,31-32,34H,7,9,13-15,18-21,23-24H2,1-6H3,(H,44,49)/b10-8-/t25-,26-,28-,31-,32+,34?,41-/m1/s1. The summed E-state index contributed by atoms with van der Waals surface area (Å²) in [7, 11) is -2.76. The maximum atomic E-state index is 14.8. The van der Waals surface area contributed by atoms with Gasteiger partial charge in [0.2, 0.25) is 21.8 Å². The van der Waals surface area contributed by atoms with Crippen LogP contribution in [0.4, 0.5) is 4.39 Å². The molecule has 2 aliphatic heterocycles. The molecule has 0 spiro atoms. The van der Waals surface area contributed by atoms with E-state index in [1.165, 1.54) is 4.90 Å². The van der Waals surface area contributed by atoms with Crippen molar-refractivity contribution in [3.8, 4) is 11.5 Å². The lowest BCUT2D eigenvalue weighted by Gasteiger charge is -2.32. The number of nitrogens with zero attached hydrogens (tertiary/aromatic N) is 2. The topological polar surface area (TPSA) is 158 Å². The number of pyridine rings is 1. The number of amides is 2. The fourth-order valence-corrected chi connectivity index (χ4v) is 9.72. The molecular formula is C41H54FN3O9S. The molecular weight excluding hydrogens is 730 g/mol. The van der Waals surface area contributed by atoms with Crippen molar-refractivity contribution >= 4 is 44.5 Å². The lowest BCUT2D eigenvalue weighted by atomic mass is 9.82. The molecule has 0 bridgehead atoms. The third-order valence-corrected chi connectivity index (χ3v) is 13.9. The number of allylic oxidation sites excluding steroid dienone is 2. The van der Waals surface area contributed by atoms with Crippen molar-refractivity contribution in [2.24, 2.45) is 29.1 Å². The summed E-state index contributed by atoms with van der Waals surface area (Å²) in [6.45, 7) is 8.27. The van der Waals surface area contributed by atoms with Crippen molar-refractivity contribution < 1.29 is 46.2 Å². The van der Waals surface area contributed by atoms with Gasteiger partial charge in [-0.2, -0.15) is 0 Å². The van der Waals surface area contributed by atoms with Crippen molar-refractivity contribution in [1.82, 2.24) is 14.6 Å². The van der Waals surface area contributed by atoms with E-state index in [9.17, 15) is 32.0 Å². The molecule has 14 heteroatoms. The number of sulfonamides is 1. The number of hydrogen-bond donors (Lipinski definition) is 1. The Morgan fingerprint density at radius 3 is 2.49 bits per heavy atom. The van der Waals surface area contributed by atoms with Crippen LogP contribution in [0.3, 0.4) is 0 Å². The van der Waals surface area contributed by atoms with Gasteiger partial charge < -0.3 is 19.1 Å². The average molecular weight is 784 g/mol. The fraction of sp³-hybridized carbons (Fsp3) is 0.634. The van der Waals surface area contributed by atoms with E-state index in [0.717, 1.165) is 17.3 Å². The summed E-state index contributed by atoms with van der Waals surface area (Å²) >= 11 is 0. The van der Waals surface area contributed by atoms with Gasteiger partial charge in [0.15, 0.2) is 5.78 Å². The van der Waals surface area contributed by atoms with Crippen molar-refractivity contribution in [2.45, 2.75) is 115 Å². The number of esters is 1. The third-order valence-electron chi connectivity index (χ3n) is 11.8. The van der Waals surface area contributed by atoms with Gasteiger partial charge in [-0.3, -0.25) is 28.9 Å². The predicted molar refractivity (Wildman–Crippen MR) is 203 cm³/mol. The second kappa shape index (κ2) is 15.5. The molecule has 3 fully saturated rings. The molecule has 2 saturated carbocycles. The zero-order valence-corrected chi connectivity index (χ0v) is 33.5. The number of halogens is 1. The Balaban J connectivity index is 1.33. The smallest absolute Gasteiger partial charge is 0.307 e. The number of nitrogens with one attached hydrogen (secondary N) is 1. The molecule has 55 heavy (non-hydrogen) atoms. The van der Waals surface area contributed by atoms with Gasteiger partial charge in [0, 0.05) is 18.2 Å². The van der Waals surface area contributed by atoms with Gasteiger partial charge in [-0.25, -0.2) is 12.8 Å². The van der Waals surface area contributed by atoms with Crippen LogP contribution in [0.15, 0.2) is 42.6 Å². The quantitative estimate of drug-likeness (QED) is 0.241. The van der Waals surface area contributed by atoms with Gasteiger partial charge in [-0.15, -0.1) is 0 Å². The molecule has 2 amide bonds. The van der Waals surface area contributed by atoms with E-state index in [-0.39, 0.29) is 62.8 Å². The molecule has 12 nitrogen and oxygen atoms in total. The zero-order valence-electron chi connectivity index (χ0n) is 32.6. The number of benzene rings is 1. The van der Waals surface area contributed by atoms with E-state index in [0.29, 0.717) is 24.3 Å². The first kappa shape index (κ1) is 40.6. The number of alkyl halides is 1. The Morgan fingerprint density at radius 1 is 1.09 bits per heavy atom. The Bertz CT molecular complexity index is 1960. The van der Waals surface area contributed by atoms with E-state index in [4.69, 9.17) is 14.2 Å². The number of fused-ring (bicyclic) bond motifs is 3. The molecule has 4 aliphatic rings. The largest absolute Gasteiger partial charge is 0.497 e. The second-order valence-corrected chi connectivity index (χ2v) is 19.4. The molecule has 1 aromatic carbocycles. The summed E-state index contributed by atoms with van der Waals surface area (Å²) in [4.78, 5) is 62.6. The van der Waals surface area contributed by atoms with Crippen LogP contribution in [-0.4, -0.2) is 84.7 Å². The molecule has 2 aromatic rings. The minimum absolute atomic E-state index is 0.0361. The zero-order chi connectivity index (χ0) is 39.9. The first-order valence-electron chi connectivity index (χ1n) is 19.3. The average Bonchev–Trinajstić information content (AvgIpc) is 4.02. The summed E-state index contributed by atoms with van der Waals surface area (Å²) in [6, 6.07) is 6.25. The van der Waals surface area contributed by atoms with E-state index < -0.39 is 74.1 Å². The third kappa shape index (κ3) is 8.84. The van der Waals surface area contributed by atoms with Gasteiger partial charge >= 0.3 is 5.97 Å². The molecule has 1 saturated heterocycles. The Kier molecular flexibility index (Phi) is 11.4. The summed E-state index contributed by atoms with van der Waals surface area (Å²) < 4.78 is 58.2. The van der Waals surface area contributed by atoms with Crippen LogP contribution in [-0.2, 0) is 33.9 Å². The molecule has 0 radical (unpaired) electrons. The summed E-state index contributed by atoms with van der Waals surface area (Å²) in [5, 5.41) is 0.772. The number of ether oxygens (including phenoxy) is 3. The van der Waals surface area contributed by atoms with Crippen LogP contribution >= 0.6 is 0 Å². The molecule has 6 rings (SSSR count). The molecule has 1 N–H and O–H groups in total. The van der Waals surface area contributed by atoms with Gasteiger partial charge in [-0.1, -0.05) is 26.0 Å². The minimum atomic E-state index is -4.33. The summed E-state index contributed by atoms with van der Waals surface area (Å²) in [5.74, 6) is -2.33. The van der Waals surface area contributed by atoms with Crippen LogP contribution in [0.2, 0.25) is 0 Å². The monoisotopic (exact) mass is 783 g/mol. The van der Waals surface area contributed by atoms with Crippen LogP contribution in [0.5, 0.6) is 11.5 Å². The van der Waals surface area contributed by atoms with E-state index in [2.05, 4.69) is 16.6 Å². The maximum absolute atomic E-state index is 14.8. The van der Waals surface area contributed by atoms with Crippen LogP contribution in [0.1, 0.15) is 92.4 Å². The molecule has 1 unspecified atom stereocenters. The lowest BCUT2D eigenvalue weighted by molar-refractivity contribution is -0.160. The van der Waals surface area contributed by atoms with E-state index in [1.54, 1.807) is 40.1 Å². The van der Waals surface area contributed by atoms with Crippen LogP contribution in [0.25, 0.3) is 10.9 Å². The van der Waals surface area contributed by atoms with Crippen molar-refractivity contribution in [3.63, 3.8) is 0 Å². The first-order chi connectivity index (χ1) is 25.9. The highest BCUT2D eigenvalue weighted by molar-refractivity contribution is 7.91. The summed E-state index contributed by atoms with van der Waals surface area (Å²) in [6.07, 6.45) is 6.95. The molecule has 7 atom stereocenters. The van der Waals surface area contributed by atoms with Crippen LogP contribution < -0.4 is 14.2 Å². The Morgan fingerprint density at radius 2 is 1.82 bits per heavy atom. The highest BCUT2D eigenvalue weighted by Crippen LogP contribution is 2.58. The lowest BCUT2D eigenvalue weighted by Crippen LogP contribution is -2.48. The van der Waals surface area contributed by atoms with Crippen molar-refractivity contribution in [2.75, 3.05) is 20.3 Å². The molecule has 1 aromatic heterocycles. The van der Waals surface area contributed by atoms with Gasteiger partial charge in [0.25, 0.3) is 0 Å². The van der Waals surface area contributed by atoms with Gasteiger partial charge in [0.1, 0.15) is 34.6 Å². The molecule has 2 aliphatic carbocycles. The number of hydrogen-bond acceptors (Lipinski definition) is 10. The number of rotatable bonds is 9. The highest BCUT2D eigenvalue weighted by Gasteiger charge is 2.63. The van der Waals surface area contributed by atoms with E-state index >= 15 is 0 Å². The Hall–Kier alpha value is -4.07. The summed E-state index contributed by atoms with van der Waals surface area (Å²) in [5.41, 5.74) is -1.42. The number of ketones is 1. The number of aromatic nitrogens is 1. The minimum Gasteiger partial charge on any atom is -0.497 e. The highest BCUT2D eigenvalue weighted by atomic mass is 32.2. The fourth-order valence-electron chi connectivity index (χ4n) is 8.28. The molecule has 300 valence electrons. The second-order valence-electron chi connectivity index (χ2n) is 17.3. The van der Waals surface area contributed by atoms with Crippen molar-refractivity contribution in [1.29, 1.82) is 0 Å². The normalized spacial score (nSPS) is 30.3. The number of methoxy groups -OCH3 is 1. The molecule has 3 heterocycles. The number of carbonyl (C=O) groups excluding carboxylic acids is 4. The first-order valence-corrected chi connectivity index (χ1v) is 20.8. The number of carbonyl (C=O) groups is 4. The van der Waals surface area contributed by atoms with E-state index in [1.807, 2.05) is 37.3 Å². The predicted octanol–water partition coefficient (Wildman–Crippen LogP) is 5.87. The van der Waals surface area contributed by atoms with Gasteiger partial charge in [0.05, 0.1) is 49.2 Å². The SMILES string of the molecule is COc1ccc2ncc(O[C@@H]3CC4C(=O)C[C@]5(C(=O)NS(=O)(=O)C6(CF)CC6)C[C@H]5/C=C\CC[C@@H](C)C[C@@H](C)[C@H](CC(=O)OC(C)(C)C)C(=O)N4C3)cc2c1.